The molecule has 0 aliphatic rings. The number of halogens is 1. The molecule has 1 aromatic heterocycles. The van der Waals surface area contributed by atoms with Crippen LogP contribution in [0, 0.1) is 0 Å². The normalized spacial score (nSPS) is 13.5. The summed E-state index contributed by atoms with van der Waals surface area (Å²) in [5, 5.41) is -0.138. The van der Waals surface area contributed by atoms with E-state index in [1.165, 1.54) is 0 Å². The van der Waals surface area contributed by atoms with Crippen LogP contribution in [0.5, 0.6) is 0 Å². The Balaban J connectivity index is 2.98. The van der Waals surface area contributed by atoms with Crippen LogP contribution >= 0.6 is 11.6 Å². The fraction of sp³-hybridized carbons (Fsp3) is 0.545. The summed E-state index contributed by atoms with van der Waals surface area (Å²) in [6, 6.07) is 1.05. The SMILES string of the molecule is CCCC(CC)NS(=O)(=O)c1c[nH]c(=O)c(Cl)c1. The first kappa shape index (κ1) is 15.2. The second-order valence-electron chi connectivity index (χ2n) is 4.03. The van der Waals surface area contributed by atoms with E-state index in [0.717, 1.165) is 25.1 Å². The molecule has 0 radical (unpaired) electrons. The molecule has 102 valence electrons. The van der Waals surface area contributed by atoms with Crippen LogP contribution in [0.15, 0.2) is 22.0 Å². The number of aromatic nitrogens is 1. The fourth-order valence-electron chi connectivity index (χ4n) is 1.58. The molecule has 0 amide bonds. The van der Waals surface area contributed by atoms with Crippen molar-refractivity contribution in [3.05, 3.63) is 27.6 Å². The van der Waals surface area contributed by atoms with Crippen LogP contribution in [0.25, 0.3) is 0 Å². The van der Waals surface area contributed by atoms with Gasteiger partial charge in [-0.25, -0.2) is 13.1 Å². The lowest BCUT2D eigenvalue weighted by molar-refractivity contribution is 0.512. The summed E-state index contributed by atoms with van der Waals surface area (Å²) in [4.78, 5) is 13.3. The van der Waals surface area contributed by atoms with Crippen LogP contribution in [0.1, 0.15) is 33.1 Å². The molecule has 0 saturated carbocycles. The van der Waals surface area contributed by atoms with Crippen LogP contribution in [0.2, 0.25) is 5.02 Å². The maximum absolute atomic E-state index is 12.0. The minimum Gasteiger partial charge on any atom is -0.326 e. The van der Waals surface area contributed by atoms with E-state index in [2.05, 4.69) is 9.71 Å². The van der Waals surface area contributed by atoms with Gasteiger partial charge < -0.3 is 4.98 Å². The molecule has 0 saturated heterocycles. The van der Waals surface area contributed by atoms with E-state index < -0.39 is 15.6 Å². The highest BCUT2D eigenvalue weighted by Gasteiger charge is 2.19. The van der Waals surface area contributed by atoms with Gasteiger partial charge in [0.2, 0.25) is 10.0 Å². The Morgan fingerprint density at radius 1 is 1.44 bits per heavy atom. The predicted octanol–water partition coefficient (Wildman–Crippen LogP) is 1.89. The van der Waals surface area contributed by atoms with Crippen molar-refractivity contribution in [3.63, 3.8) is 0 Å². The van der Waals surface area contributed by atoms with Crippen LogP contribution in [-0.4, -0.2) is 19.4 Å². The Hall–Kier alpha value is -0.850. The molecule has 7 heteroatoms. The van der Waals surface area contributed by atoms with Crippen molar-refractivity contribution in [2.45, 2.75) is 44.0 Å². The zero-order valence-corrected chi connectivity index (χ0v) is 11.9. The minimum atomic E-state index is -3.64. The first-order valence-corrected chi connectivity index (χ1v) is 7.67. The molecule has 0 aliphatic carbocycles. The van der Waals surface area contributed by atoms with Crippen molar-refractivity contribution in [2.24, 2.45) is 0 Å². The summed E-state index contributed by atoms with van der Waals surface area (Å²) in [6.45, 7) is 3.91. The molecule has 1 aromatic rings. The lowest BCUT2D eigenvalue weighted by atomic mass is 10.1. The number of pyridine rings is 1. The summed E-state index contributed by atoms with van der Waals surface area (Å²) in [5.41, 5.74) is -0.504. The molecular formula is C11H17ClN2O3S. The van der Waals surface area contributed by atoms with Crippen molar-refractivity contribution < 1.29 is 8.42 Å². The number of rotatable bonds is 6. The molecule has 0 bridgehead atoms. The highest BCUT2D eigenvalue weighted by molar-refractivity contribution is 7.89. The second kappa shape index (κ2) is 6.36. The maximum atomic E-state index is 12.0. The molecular weight excluding hydrogens is 276 g/mol. The lowest BCUT2D eigenvalue weighted by Crippen LogP contribution is -2.34. The number of hydrogen-bond donors (Lipinski definition) is 2. The van der Waals surface area contributed by atoms with Gasteiger partial charge in [0.05, 0.1) is 4.90 Å². The number of H-pyrrole nitrogens is 1. The molecule has 0 aliphatic heterocycles. The third kappa shape index (κ3) is 3.83. The summed E-state index contributed by atoms with van der Waals surface area (Å²) >= 11 is 5.62. The molecule has 0 fully saturated rings. The minimum absolute atomic E-state index is 0.0262. The average molecular weight is 293 g/mol. The predicted molar refractivity (Wildman–Crippen MR) is 71.4 cm³/mol. The smallest absolute Gasteiger partial charge is 0.266 e. The Kier molecular flexibility index (Phi) is 5.37. The van der Waals surface area contributed by atoms with Gasteiger partial charge in [-0.15, -0.1) is 0 Å². The van der Waals surface area contributed by atoms with Crippen LogP contribution in [0.4, 0.5) is 0 Å². The molecule has 0 aromatic carbocycles. The molecule has 1 rings (SSSR count). The van der Waals surface area contributed by atoms with E-state index in [1.54, 1.807) is 0 Å². The monoisotopic (exact) mass is 292 g/mol. The quantitative estimate of drug-likeness (QED) is 0.840. The molecule has 1 heterocycles. The van der Waals surface area contributed by atoms with Crippen molar-refractivity contribution >= 4 is 21.6 Å². The van der Waals surface area contributed by atoms with E-state index in [1.807, 2.05) is 13.8 Å². The standard InChI is InChI=1S/C11H17ClN2O3S/c1-3-5-8(4-2)14-18(16,17)9-6-10(12)11(15)13-7-9/h6-8,14H,3-5H2,1-2H3,(H,13,15). The molecule has 1 atom stereocenters. The van der Waals surface area contributed by atoms with E-state index in [-0.39, 0.29) is 16.0 Å². The van der Waals surface area contributed by atoms with Crippen molar-refractivity contribution in [1.29, 1.82) is 0 Å². The second-order valence-corrected chi connectivity index (χ2v) is 6.15. The van der Waals surface area contributed by atoms with E-state index in [9.17, 15) is 13.2 Å². The average Bonchev–Trinajstić information content (AvgIpc) is 2.31. The van der Waals surface area contributed by atoms with Crippen LogP contribution < -0.4 is 10.3 Å². The Bertz CT molecular complexity index is 554. The number of sulfonamides is 1. The van der Waals surface area contributed by atoms with Gasteiger partial charge in [0, 0.05) is 12.2 Å². The first-order valence-electron chi connectivity index (χ1n) is 5.81. The van der Waals surface area contributed by atoms with Gasteiger partial charge in [0.1, 0.15) is 5.02 Å². The lowest BCUT2D eigenvalue weighted by Gasteiger charge is -2.16. The maximum Gasteiger partial charge on any atom is 0.266 e. The van der Waals surface area contributed by atoms with Gasteiger partial charge in [-0.05, 0) is 18.9 Å². The molecule has 18 heavy (non-hydrogen) atoms. The zero-order chi connectivity index (χ0) is 13.8. The summed E-state index contributed by atoms with van der Waals surface area (Å²) in [7, 11) is -3.64. The van der Waals surface area contributed by atoms with Gasteiger partial charge >= 0.3 is 0 Å². The molecule has 1 unspecified atom stereocenters. The fourth-order valence-corrected chi connectivity index (χ4v) is 3.16. The van der Waals surface area contributed by atoms with Crippen LogP contribution in [-0.2, 0) is 10.0 Å². The van der Waals surface area contributed by atoms with Crippen molar-refractivity contribution in [2.75, 3.05) is 0 Å². The van der Waals surface area contributed by atoms with E-state index >= 15 is 0 Å². The highest BCUT2D eigenvalue weighted by atomic mass is 35.5. The van der Waals surface area contributed by atoms with Crippen molar-refractivity contribution in [3.8, 4) is 0 Å². The highest BCUT2D eigenvalue weighted by Crippen LogP contribution is 2.13. The molecule has 0 spiro atoms. The number of aromatic amines is 1. The Morgan fingerprint density at radius 3 is 2.61 bits per heavy atom. The first-order chi connectivity index (χ1) is 8.40. The molecule has 2 N–H and O–H groups in total. The number of nitrogens with one attached hydrogen (secondary N) is 2. The third-order valence-electron chi connectivity index (χ3n) is 2.59. The van der Waals surface area contributed by atoms with Gasteiger partial charge in [-0.3, -0.25) is 4.79 Å². The van der Waals surface area contributed by atoms with Gasteiger partial charge in [0.15, 0.2) is 0 Å². The number of hydrogen-bond acceptors (Lipinski definition) is 3. The van der Waals surface area contributed by atoms with Crippen LogP contribution in [0.3, 0.4) is 0 Å². The Labute approximate surface area is 112 Å². The third-order valence-corrected chi connectivity index (χ3v) is 4.37. The van der Waals surface area contributed by atoms with Gasteiger partial charge in [0.25, 0.3) is 5.56 Å². The van der Waals surface area contributed by atoms with Gasteiger partial charge in [-0.2, -0.15) is 0 Å². The summed E-state index contributed by atoms with van der Waals surface area (Å²) in [6.07, 6.45) is 3.53. The summed E-state index contributed by atoms with van der Waals surface area (Å²) < 4.78 is 26.7. The largest absolute Gasteiger partial charge is 0.326 e. The van der Waals surface area contributed by atoms with Crippen molar-refractivity contribution in [1.82, 2.24) is 9.71 Å². The van der Waals surface area contributed by atoms with E-state index in [0.29, 0.717) is 6.42 Å². The topological polar surface area (TPSA) is 79.0 Å². The zero-order valence-electron chi connectivity index (χ0n) is 10.4. The summed E-state index contributed by atoms with van der Waals surface area (Å²) in [5.74, 6) is 0. The van der Waals surface area contributed by atoms with E-state index in [4.69, 9.17) is 11.6 Å². The molecule has 5 nitrogen and oxygen atoms in total. The Morgan fingerprint density at radius 2 is 2.11 bits per heavy atom. The van der Waals surface area contributed by atoms with Gasteiger partial charge in [-0.1, -0.05) is 31.9 Å².